The molecule has 20 heavy (non-hydrogen) atoms. The summed E-state index contributed by atoms with van der Waals surface area (Å²) in [4.78, 5) is 36.0. The van der Waals surface area contributed by atoms with E-state index < -0.39 is 16.5 Å². The molecule has 0 saturated carbocycles. The van der Waals surface area contributed by atoms with Crippen molar-refractivity contribution in [1.29, 1.82) is 0 Å². The maximum absolute atomic E-state index is 11.5. The van der Waals surface area contributed by atoms with Gasteiger partial charge in [-0.25, -0.2) is 10.6 Å². The van der Waals surface area contributed by atoms with Crippen LogP contribution in [-0.4, -0.2) is 20.4 Å². The SMILES string of the molecule is NNC(=O)c1ccc(Cn2cc([N+](=O)[O-])cnc2=O)o1. The molecule has 0 atom stereocenters. The van der Waals surface area contributed by atoms with Gasteiger partial charge in [0.15, 0.2) is 5.76 Å². The van der Waals surface area contributed by atoms with E-state index in [-0.39, 0.29) is 23.8 Å². The van der Waals surface area contributed by atoms with Gasteiger partial charge < -0.3 is 4.42 Å². The van der Waals surface area contributed by atoms with Crippen LogP contribution < -0.4 is 17.0 Å². The molecule has 10 heteroatoms. The van der Waals surface area contributed by atoms with Gasteiger partial charge in [-0.3, -0.25) is 24.9 Å². The van der Waals surface area contributed by atoms with E-state index in [4.69, 9.17) is 10.3 Å². The number of furan rings is 1. The Morgan fingerprint density at radius 3 is 2.95 bits per heavy atom. The lowest BCUT2D eigenvalue weighted by atomic mass is 10.4. The van der Waals surface area contributed by atoms with Gasteiger partial charge in [0, 0.05) is 0 Å². The molecule has 0 aliphatic rings. The number of nitrogens with two attached hydrogens (primary N) is 1. The van der Waals surface area contributed by atoms with Crippen molar-refractivity contribution in [3.63, 3.8) is 0 Å². The molecule has 3 N–H and O–H groups in total. The third-order valence-electron chi connectivity index (χ3n) is 2.39. The minimum Gasteiger partial charge on any atom is -0.454 e. The number of carbonyl (C=O) groups is 1. The van der Waals surface area contributed by atoms with Crippen molar-refractivity contribution in [3.8, 4) is 0 Å². The topological polar surface area (TPSA) is 146 Å². The molecule has 0 unspecified atom stereocenters. The molecular weight excluding hydrogens is 270 g/mol. The Labute approximate surface area is 110 Å². The molecule has 104 valence electrons. The number of hydrogen-bond donors (Lipinski definition) is 2. The van der Waals surface area contributed by atoms with Crippen molar-refractivity contribution >= 4 is 11.6 Å². The highest BCUT2D eigenvalue weighted by molar-refractivity contribution is 5.90. The normalized spacial score (nSPS) is 10.2. The van der Waals surface area contributed by atoms with Crippen LogP contribution in [0.2, 0.25) is 0 Å². The number of aromatic nitrogens is 2. The minimum absolute atomic E-state index is 0.0334. The fraction of sp³-hybridized carbons (Fsp3) is 0.100. The summed E-state index contributed by atoms with van der Waals surface area (Å²) in [5.74, 6) is 4.54. The Hall–Kier alpha value is -3.01. The van der Waals surface area contributed by atoms with Crippen molar-refractivity contribution in [2.75, 3.05) is 0 Å². The second kappa shape index (κ2) is 5.32. The summed E-state index contributed by atoms with van der Waals surface area (Å²) < 4.78 is 6.15. The van der Waals surface area contributed by atoms with Gasteiger partial charge in [-0.2, -0.15) is 4.98 Å². The molecule has 2 aromatic heterocycles. The summed E-state index contributed by atoms with van der Waals surface area (Å²) in [6, 6.07) is 2.82. The molecule has 0 aliphatic heterocycles. The first kappa shape index (κ1) is 13.4. The summed E-state index contributed by atoms with van der Waals surface area (Å²) >= 11 is 0. The van der Waals surface area contributed by atoms with E-state index >= 15 is 0 Å². The summed E-state index contributed by atoms with van der Waals surface area (Å²) in [5, 5.41) is 10.6. The molecule has 0 fully saturated rings. The molecular formula is C10H9N5O5. The Morgan fingerprint density at radius 2 is 2.30 bits per heavy atom. The van der Waals surface area contributed by atoms with Gasteiger partial charge in [0.05, 0.1) is 17.7 Å². The number of nitrogens with one attached hydrogen (secondary N) is 1. The predicted molar refractivity (Wildman–Crippen MR) is 64.6 cm³/mol. The fourth-order valence-corrected chi connectivity index (χ4v) is 1.48. The first-order chi connectivity index (χ1) is 9.51. The third kappa shape index (κ3) is 2.70. The highest BCUT2D eigenvalue weighted by Crippen LogP contribution is 2.10. The van der Waals surface area contributed by atoms with Gasteiger partial charge in [0.2, 0.25) is 0 Å². The molecule has 0 saturated heterocycles. The quantitative estimate of drug-likeness (QED) is 0.328. The molecule has 2 aromatic rings. The number of hydrogen-bond acceptors (Lipinski definition) is 7. The molecule has 10 nitrogen and oxygen atoms in total. The first-order valence-electron chi connectivity index (χ1n) is 5.32. The van der Waals surface area contributed by atoms with Crippen LogP contribution in [0, 0.1) is 10.1 Å². The van der Waals surface area contributed by atoms with Crippen molar-refractivity contribution in [3.05, 3.63) is 56.6 Å². The van der Waals surface area contributed by atoms with E-state index in [9.17, 15) is 19.7 Å². The smallest absolute Gasteiger partial charge is 0.348 e. The monoisotopic (exact) mass is 279 g/mol. The average Bonchev–Trinajstić information content (AvgIpc) is 2.88. The molecule has 0 spiro atoms. The van der Waals surface area contributed by atoms with E-state index in [1.807, 2.05) is 5.43 Å². The Balaban J connectivity index is 2.28. The maximum atomic E-state index is 11.5. The fourth-order valence-electron chi connectivity index (χ4n) is 1.48. The number of amides is 1. The van der Waals surface area contributed by atoms with Gasteiger partial charge >= 0.3 is 17.3 Å². The predicted octanol–water partition coefficient (Wildman–Crippen LogP) is -0.604. The zero-order valence-electron chi connectivity index (χ0n) is 9.98. The van der Waals surface area contributed by atoms with E-state index in [0.29, 0.717) is 0 Å². The van der Waals surface area contributed by atoms with Crippen LogP contribution >= 0.6 is 0 Å². The summed E-state index contributed by atoms with van der Waals surface area (Å²) in [5.41, 5.74) is 0.898. The zero-order valence-corrected chi connectivity index (χ0v) is 9.98. The van der Waals surface area contributed by atoms with Crippen molar-refractivity contribution in [1.82, 2.24) is 15.0 Å². The number of nitrogens with zero attached hydrogens (tertiary/aromatic N) is 3. The van der Waals surface area contributed by atoms with Crippen LogP contribution in [0.5, 0.6) is 0 Å². The average molecular weight is 279 g/mol. The van der Waals surface area contributed by atoms with Crippen molar-refractivity contribution < 1.29 is 14.1 Å². The van der Waals surface area contributed by atoms with Crippen molar-refractivity contribution in [2.24, 2.45) is 5.84 Å². The lowest BCUT2D eigenvalue weighted by Crippen LogP contribution is -2.29. The van der Waals surface area contributed by atoms with Crippen LogP contribution in [-0.2, 0) is 6.54 Å². The summed E-state index contributed by atoms with van der Waals surface area (Å²) in [6.07, 6.45) is 1.91. The standard InChI is InChI=1S/C10H9N5O5/c11-13-9(16)8-2-1-7(20-8)5-14-4-6(15(18)19)3-12-10(14)17/h1-4H,5,11H2,(H,13,16). The number of carbonyl (C=O) groups excluding carboxylic acids is 1. The maximum Gasteiger partial charge on any atom is 0.348 e. The molecule has 0 aromatic carbocycles. The van der Waals surface area contributed by atoms with Crippen LogP contribution in [0.3, 0.4) is 0 Å². The number of rotatable bonds is 4. The van der Waals surface area contributed by atoms with Crippen LogP contribution in [0.4, 0.5) is 5.69 Å². The van der Waals surface area contributed by atoms with Gasteiger partial charge in [-0.05, 0) is 12.1 Å². The molecule has 1 amide bonds. The van der Waals surface area contributed by atoms with Gasteiger partial charge in [0.25, 0.3) is 0 Å². The minimum atomic E-state index is -0.670. The Bertz CT molecular complexity index is 719. The second-order valence-electron chi connectivity index (χ2n) is 3.72. The molecule has 2 rings (SSSR count). The Morgan fingerprint density at radius 1 is 1.55 bits per heavy atom. The number of nitro groups is 1. The first-order valence-corrected chi connectivity index (χ1v) is 5.32. The lowest BCUT2D eigenvalue weighted by molar-refractivity contribution is -0.385. The highest BCUT2D eigenvalue weighted by atomic mass is 16.6. The second-order valence-corrected chi connectivity index (χ2v) is 3.72. The summed E-state index contributed by atoms with van der Waals surface area (Å²) in [6.45, 7) is -0.0919. The summed E-state index contributed by atoms with van der Waals surface area (Å²) in [7, 11) is 0. The third-order valence-corrected chi connectivity index (χ3v) is 2.39. The molecule has 0 bridgehead atoms. The van der Waals surface area contributed by atoms with E-state index in [1.165, 1.54) is 12.1 Å². The van der Waals surface area contributed by atoms with E-state index in [2.05, 4.69) is 4.98 Å². The van der Waals surface area contributed by atoms with Crippen LogP contribution in [0.15, 0.2) is 33.7 Å². The highest BCUT2D eigenvalue weighted by Gasteiger charge is 2.13. The van der Waals surface area contributed by atoms with Gasteiger partial charge in [-0.15, -0.1) is 0 Å². The largest absolute Gasteiger partial charge is 0.454 e. The van der Waals surface area contributed by atoms with Gasteiger partial charge in [-0.1, -0.05) is 0 Å². The molecule has 0 radical (unpaired) electrons. The van der Waals surface area contributed by atoms with Gasteiger partial charge in [0.1, 0.15) is 12.0 Å². The molecule has 0 aliphatic carbocycles. The van der Waals surface area contributed by atoms with E-state index in [1.54, 1.807) is 0 Å². The number of hydrazine groups is 1. The lowest BCUT2D eigenvalue weighted by Gasteiger charge is -2.01. The zero-order chi connectivity index (χ0) is 14.7. The van der Waals surface area contributed by atoms with Crippen LogP contribution in [0.25, 0.3) is 0 Å². The Kier molecular flexibility index (Phi) is 3.57. The van der Waals surface area contributed by atoms with E-state index in [0.717, 1.165) is 17.0 Å². The van der Waals surface area contributed by atoms with Crippen LogP contribution in [0.1, 0.15) is 16.3 Å². The molecule has 2 heterocycles. The van der Waals surface area contributed by atoms with Crippen molar-refractivity contribution in [2.45, 2.75) is 6.54 Å². The number of nitrogen functional groups attached to an aromatic ring is 1.